The number of methoxy groups -OCH3 is 1. The van der Waals surface area contributed by atoms with E-state index in [1.54, 1.807) is 31.2 Å². The first-order valence-corrected chi connectivity index (χ1v) is 9.50. The number of nitrogens with zero attached hydrogens (tertiary/aromatic N) is 1. The van der Waals surface area contributed by atoms with E-state index in [9.17, 15) is 19.2 Å². The Hall–Kier alpha value is -3.42. The van der Waals surface area contributed by atoms with Crippen LogP contribution in [0.1, 0.15) is 44.1 Å². The Morgan fingerprint density at radius 3 is 2.43 bits per heavy atom. The summed E-state index contributed by atoms with van der Waals surface area (Å²) >= 11 is 0. The van der Waals surface area contributed by atoms with Gasteiger partial charge in [0, 0.05) is 29.1 Å². The van der Waals surface area contributed by atoms with E-state index in [1.165, 1.54) is 7.11 Å². The zero-order chi connectivity index (χ0) is 22.3. The number of amides is 1. The number of rotatable bonds is 9. The van der Waals surface area contributed by atoms with E-state index in [0.29, 0.717) is 23.4 Å². The lowest BCUT2D eigenvalue weighted by molar-refractivity contribution is -0.141. The van der Waals surface area contributed by atoms with E-state index in [2.05, 4.69) is 10.1 Å². The number of nitrogens with one attached hydrogen (secondary N) is 1. The zero-order valence-electron chi connectivity index (χ0n) is 17.6. The number of hydrogen-bond acceptors (Lipinski definition) is 6. The number of carbonyl (C=O) groups excluding carboxylic acids is 4. The van der Waals surface area contributed by atoms with Gasteiger partial charge in [-0.25, -0.2) is 0 Å². The summed E-state index contributed by atoms with van der Waals surface area (Å²) in [6.45, 7) is 5.08. The highest BCUT2D eigenvalue weighted by atomic mass is 16.5. The van der Waals surface area contributed by atoms with Crippen molar-refractivity contribution in [2.45, 2.75) is 33.7 Å². The van der Waals surface area contributed by atoms with Gasteiger partial charge in [0.15, 0.2) is 6.61 Å². The fourth-order valence-electron chi connectivity index (χ4n) is 3.05. The molecule has 0 atom stereocenters. The summed E-state index contributed by atoms with van der Waals surface area (Å²) in [5, 5.41) is 2.47. The number of carbonyl (C=O) groups is 4. The second kappa shape index (κ2) is 10.4. The van der Waals surface area contributed by atoms with Crippen molar-refractivity contribution in [2.75, 3.05) is 20.3 Å². The molecule has 2 rings (SSSR count). The largest absolute Gasteiger partial charge is 0.469 e. The van der Waals surface area contributed by atoms with Gasteiger partial charge in [-0.1, -0.05) is 17.7 Å². The van der Waals surface area contributed by atoms with Crippen molar-refractivity contribution in [3.05, 3.63) is 58.4 Å². The minimum atomic E-state index is -0.705. The molecule has 0 unspecified atom stereocenters. The molecule has 0 bridgehead atoms. The van der Waals surface area contributed by atoms with Crippen LogP contribution in [0, 0.1) is 20.8 Å². The molecule has 0 aliphatic rings. The van der Waals surface area contributed by atoms with Gasteiger partial charge in [-0.15, -0.1) is 0 Å². The minimum Gasteiger partial charge on any atom is -0.469 e. The van der Waals surface area contributed by atoms with Crippen LogP contribution in [0.15, 0.2) is 30.3 Å². The highest BCUT2D eigenvalue weighted by molar-refractivity contribution is 6.00. The van der Waals surface area contributed by atoms with Gasteiger partial charge in [-0.2, -0.15) is 0 Å². The number of hydrogen-bond donors (Lipinski definition) is 1. The number of esters is 2. The Bertz CT molecular complexity index is 961. The average Bonchev–Trinajstić information content (AvgIpc) is 3.01. The molecule has 1 amide bonds. The second-order valence-electron chi connectivity index (χ2n) is 6.90. The van der Waals surface area contributed by atoms with Crippen molar-refractivity contribution >= 4 is 23.6 Å². The van der Waals surface area contributed by atoms with Crippen molar-refractivity contribution in [1.82, 2.24) is 9.88 Å². The fraction of sp³-hybridized carbons (Fsp3) is 0.364. The van der Waals surface area contributed by atoms with E-state index in [4.69, 9.17) is 4.74 Å². The van der Waals surface area contributed by atoms with Crippen LogP contribution in [0.4, 0.5) is 0 Å². The summed E-state index contributed by atoms with van der Waals surface area (Å²) in [7, 11) is 1.32. The summed E-state index contributed by atoms with van der Waals surface area (Å²) in [5.41, 5.74) is 3.30. The normalized spacial score (nSPS) is 10.4. The van der Waals surface area contributed by atoms with E-state index in [0.717, 1.165) is 11.3 Å². The highest BCUT2D eigenvalue weighted by Crippen LogP contribution is 2.16. The highest BCUT2D eigenvalue weighted by Gasteiger charge is 2.18. The monoisotopic (exact) mass is 414 g/mol. The summed E-state index contributed by atoms with van der Waals surface area (Å²) in [6, 6.07) is 8.67. The zero-order valence-corrected chi connectivity index (χ0v) is 17.6. The molecule has 1 heterocycles. The fourth-order valence-corrected chi connectivity index (χ4v) is 3.05. The minimum absolute atomic E-state index is 0.191. The molecule has 160 valence electrons. The van der Waals surface area contributed by atoms with Crippen molar-refractivity contribution in [3.8, 4) is 0 Å². The van der Waals surface area contributed by atoms with Gasteiger partial charge in [0.1, 0.15) is 6.54 Å². The number of ether oxygens (including phenoxy) is 2. The Kier molecular flexibility index (Phi) is 7.91. The maximum absolute atomic E-state index is 12.5. The third kappa shape index (κ3) is 6.04. The van der Waals surface area contributed by atoms with Crippen LogP contribution in [0.5, 0.6) is 0 Å². The Balaban J connectivity index is 1.87. The third-order valence-electron chi connectivity index (χ3n) is 4.68. The summed E-state index contributed by atoms with van der Waals surface area (Å²) < 4.78 is 11.5. The molecule has 1 aromatic carbocycles. The van der Waals surface area contributed by atoms with Crippen molar-refractivity contribution in [1.29, 1.82) is 0 Å². The molecule has 0 radical (unpaired) electrons. The molecule has 0 fully saturated rings. The SMILES string of the molecule is COC(=O)CCn1c(C)cc(C(=O)COC(=O)CNC(=O)c2cccc(C)c2)c1C. The Morgan fingerprint density at radius 2 is 1.77 bits per heavy atom. The van der Waals surface area contributed by atoms with Gasteiger partial charge >= 0.3 is 11.9 Å². The quantitative estimate of drug-likeness (QED) is 0.498. The lowest BCUT2D eigenvalue weighted by Gasteiger charge is -2.09. The predicted octanol–water partition coefficient (Wildman–Crippen LogP) is 2.13. The second-order valence-corrected chi connectivity index (χ2v) is 6.90. The molecule has 0 spiro atoms. The molecule has 0 saturated heterocycles. The molecule has 0 saturated carbocycles. The van der Waals surface area contributed by atoms with Gasteiger partial charge in [0.2, 0.25) is 5.78 Å². The van der Waals surface area contributed by atoms with Crippen molar-refractivity contribution < 1.29 is 28.7 Å². The van der Waals surface area contributed by atoms with E-state index in [1.807, 2.05) is 24.5 Å². The topological polar surface area (TPSA) is 104 Å². The van der Waals surface area contributed by atoms with Crippen LogP contribution in [0.25, 0.3) is 0 Å². The lowest BCUT2D eigenvalue weighted by Crippen LogP contribution is -2.31. The first-order valence-electron chi connectivity index (χ1n) is 9.50. The lowest BCUT2D eigenvalue weighted by atomic mass is 10.1. The molecule has 0 aliphatic heterocycles. The standard InChI is InChI=1S/C22H26N2O6/c1-14-6-5-7-17(10-14)22(28)23-12-21(27)30-13-19(25)18-11-15(2)24(16(18)3)9-8-20(26)29-4/h5-7,10-11H,8-9,12-13H2,1-4H3,(H,23,28). The van der Waals surface area contributed by atoms with Crippen molar-refractivity contribution in [2.24, 2.45) is 0 Å². The van der Waals surface area contributed by atoms with Crippen molar-refractivity contribution in [3.63, 3.8) is 0 Å². The number of aryl methyl sites for hydroxylation is 2. The van der Waals surface area contributed by atoms with Gasteiger partial charge in [0.25, 0.3) is 5.91 Å². The Labute approximate surface area is 175 Å². The third-order valence-corrected chi connectivity index (χ3v) is 4.68. The van der Waals surface area contributed by atoms with Crippen LogP contribution >= 0.6 is 0 Å². The molecular formula is C22H26N2O6. The number of benzene rings is 1. The summed E-state index contributed by atoms with van der Waals surface area (Å²) in [4.78, 5) is 47.8. The van der Waals surface area contributed by atoms with Crippen LogP contribution < -0.4 is 5.32 Å². The van der Waals surface area contributed by atoms with Crippen LogP contribution in [-0.4, -0.2) is 48.5 Å². The molecule has 0 aliphatic carbocycles. The van der Waals surface area contributed by atoms with E-state index in [-0.39, 0.29) is 24.7 Å². The molecule has 2 aromatic rings. The van der Waals surface area contributed by atoms with Gasteiger partial charge in [-0.05, 0) is 39.0 Å². The number of aromatic nitrogens is 1. The average molecular weight is 414 g/mol. The molecule has 8 nitrogen and oxygen atoms in total. The number of ketones is 1. The summed E-state index contributed by atoms with van der Waals surface area (Å²) in [6.07, 6.45) is 0.191. The van der Waals surface area contributed by atoms with E-state index < -0.39 is 18.5 Å². The molecule has 30 heavy (non-hydrogen) atoms. The van der Waals surface area contributed by atoms with Crippen LogP contribution in [-0.2, 0) is 25.6 Å². The maximum Gasteiger partial charge on any atom is 0.325 e. The van der Waals surface area contributed by atoms with Crippen LogP contribution in [0.3, 0.4) is 0 Å². The Morgan fingerprint density at radius 1 is 1.03 bits per heavy atom. The molecular weight excluding hydrogens is 388 g/mol. The van der Waals surface area contributed by atoms with Crippen LogP contribution in [0.2, 0.25) is 0 Å². The molecule has 8 heteroatoms. The molecule has 1 aromatic heterocycles. The van der Waals surface area contributed by atoms with E-state index >= 15 is 0 Å². The first-order chi connectivity index (χ1) is 14.2. The molecule has 1 N–H and O–H groups in total. The predicted molar refractivity (Wildman–Crippen MR) is 109 cm³/mol. The number of Topliss-reactive ketones (excluding diaryl/α,β-unsaturated/α-hetero) is 1. The van der Waals surface area contributed by atoms with Gasteiger partial charge in [0.05, 0.1) is 13.5 Å². The van der Waals surface area contributed by atoms with Gasteiger partial charge in [-0.3, -0.25) is 19.2 Å². The maximum atomic E-state index is 12.5. The van der Waals surface area contributed by atoms with Gasteiger partial charge < -0.3 is 19.4 Å². The summed E-state index contributed by atoms with van der Waals surface area (Å²) in [5.74, 6) is -1.79. The smallest absolute Gasteiger partial charge is 0.325 e. The first kappa shape index (κ1) is 22.9.